The highest BCUT2D eigenvalue weighted by molar-refractivity contribution is 5.90. The molecule has 0 spiro atoms. The van der Waals surface area contributed by atoms with E-state index in [0.717, 1.165) is 28.1 Å². The molecule has 9 aromatic rings. The Morgan fingerprint density at radius 3 is 1.35 bits per heavy atom. The summed E-state index contributed by atoms with van der Waals surface area (Å²) < 4.78 is 0. The maximum absolute atomic E-state index is 5.21. The van der Waals surface area contributed by atoms with Crippen molar-refractivity contribution in [3.63, 3.8) is 0 Å². The summed E-state index contributed by atoms with van der Waals surface area (Å²) in [6.07, 6.45) is 0. The first-order valence-corrected chi connectivity index (χ1v) is 18.8. The van der Waals surface area contributed by atoms with Gasteiger partial charge in [0.05, 0.1) is 16.8 Å². The molecule has 0 saturated heterocycles. The summed E-state index contributed by atoms with van der Waals surface area (Å²) in [5.74, 6) is 0.711. The van der Waals surface area contributed by atoms with Gasteiger partial charge in [0.15, 0.2) is 5.82 Å². The molecule has 1 heterocycles. The van der Waals surface area contributed by atoms with Gasteiger partial charge >= 0.3 is 0 Å². The molecular formula is C53H36N2. The normalized spacial score (nSPS) is 14.3. The molecule has 0 fully saturated rings. The second-order valence-corrected chi connectivity index (χ2v) is 14.1. The fourth-order valence-electron chi connectivity index (χ4n) is 8.43. The van der Waals surface area contributed by atoms with Gasteiger partial charge in [0.2, 0.25) is 0 Å². The Labute approximate surface area is 322 Å². The number of aromatic nitrogens is 2. The van der Waals surface area contributed by atoms with Gasteiger partial charge in [0.25, 0.3) is 0 Å². The largest absolute Gasteiger partial charge is 0.228 e. The van der Waals surface area contributed by atoms with E-state index < -0.39 is 5.41 Å². The molecule has 0 amide bonds. The topological polar surface area (TPSA) is 25.8 Å². The van der Waals surface area contributed by atoms with Crippen LogP contribution in [0.1, 0.15) is 22.3 Å². The summed E-state index contributed by atoms with van der Waals surface area (Å²) in [4.78, 5) is 10.3. The molecule has 0 bridgehead atoms. The van der Waals surface area contributed by atoms with E-state index in [1.54, 1.807) is 0 Å². The first kappa shape index (κ1) is 32.5. The van der Waals surface area contributed by atoms with Crippen molar-refractivity contribution in [3.05, 3.63) is 241 Å². The van der Waals surface area contributed by atoms with E-state index in [-0.39, 0.29) is 0 Å². The van der Waals surface area contributed by atoms with Crippen molar-refractivity contribution < 1.29 is 0 Å². The lowest BCUT2D eigenvalue weighted by Gasteiger charge is -2.34. The number of benzene rings is 8. The molecule has 0 N–H and O–H groups in total. The van der Waals surface area contributed by atoms with Gasteiger partial charge in [-0.3, -0.25) is 0 Å². The smallest absolute Gasteiger partial charge is 0.160 e. The monoisotopic (exact) mass is 700 g/mol. The molecule has 1 aromatic heterocycles. The van der Waals surface area contributed by atoms with E-state index >= 15 is 0 Å². The van der Waals surface area contributed by atoms with Gasteiger partial charge < -0.3 is 0 Å². The molecule has 55 heavy (non-hydrogen) atoms. The number of nitrogens with zero attached hydrogens (tertiary/aromatic N) is 2. The molecular weight excluding hydrogens is 665 g/mol. The Kier molecular flexibility index (Phi) is 8.08. The molecule has 0 aliphatic heterocycles. The molecule has 1 atom stereocenters. The van der Waals surface area contributed by atoms with Gasteiger partial charge in [-0.15, -0.1) is 0 Å². The zero-order valence-corrected chi connectivity index (χ0v) is 30.2. The quantitative estimate of drug-likeness (QED) is 0.165. The zero-order valence-electron chi connectivity index (χ0n) is 30.2. The van der Waals surface area contributed by atoms with Crippen LogP contribution in [-0.4, -0.2) is 9.97 Å². The minimum Gasteiger partial charge on any atom is -0.228 e. The Bertz CT molecular complexity index is 2660. The van der Waals surface area contributed by atoms with Crippen LogP contribution < -0.4 is 0 Å². The molecule has 1 aliphatic carbocycles. The van der Waals surface area contributed by atoms with Crippen molar-refractivity contribution in [2.45, 2.75) is 5.41 Å². The van der Waals surface area contributed by atoms with Crippen LogP contribution in [0.3, 0.4) is 0 Å². The SMILES string of the molecule is c1ccc(-c2cc(-c3ccccc3)cc(C3(c4ccccc4)c4ccccc4-c4cc(-c5cc(-c6ccccc6)nc(-c6ccccc6)n5)ccc43)c2)cc1. The number of hydrogen-bond acceptors (Lipinski definition) is 2. The number of rotatable bonds is 7. The molecule has 258 valence electrons. The number of fused-ring (bicyclic) bond motifs is 3. The molecule has 2 nitrogen and oxygen atoms in total. The highest BCUT2D eigenvalue weighted by Gasteiger charge is 2.46. The first-order valence-electron chi connectivity index (χ1n) is 18.8. The van der Waals surface area contributed by atoms with E-state index in [2.05, 4.69) is 194 Å². The van der Waals surface area contributed by atoms with Crippen LogP contribution in [0.15, 0.2) is 218 Å². The maximum Gasteiger partial charge on any atom is 0.160 e. The van der Waals surface area contributed by atoms with Gasteiger partial charge in [0.1, 0.15) is 0 Å². The Morgan fingerprint density at radius 1 is 0.273 bits per heavy atom. The minimum absolute atomic E-state index is 0.573. The molecule has 10 rings (SSSR count). The van der Waals surface area contributed by atoms with Gasteiger partial charge in [-0.2, -0.15) is 0 Å². The van der Waals surface area contributed by atoms with Crippen LogP contribution in [0.5, 0.6) is 0 Å². The average Bonchev–Trinajstić information content (AvgIpc) is 3.58. The highest BCUT2D eigenvalue weighted by Crippen LogP contribution is 2.57. The van der Waals surface area contributed by atoms with Crippen molar-refractivity contribution in [2.75, 3.05) is 0 Å². The molecule has 2 heteroatoms. The second-order valence-electron chi connectivity index (χ2n) is 14.1. The van der Waals surface area contributed by atoms with Crippen LogP contribution in [0.2, 0.25) is 0 Å². The van der Waals surface area contributed by atoms with Crippen molar-refractivity contribution in [2.24, 2.45) is 0 Å². The van der Waals surface area contributed by atoms with Crippen molar-refractivity contribution in [1.82, 2.24) is 9.97 Å². The van der Waals surface area contributed by atoms with Crippen LogP contribution in [0.25, 0.3) is 67.3 Å². The Morgan fingerprint density at radius 2 is 0.745 bits per heavy atom. The van der Waals surface area contributed by atoms with Crippen molar-refractivity contribution in [3.8, 4) is 67.3 Å². The van der Waals surface area contributed by atoms with Gasteiger partial charge in [-0.05, 0) is 86.0 Å². The van der Waals surface area contributed by atoms with Crippen molar-refractivity contribution in [1.29, 1.82) is 0 Å². The third kappa shape index (κ3) is 5.67. The van der Waals surface area contributed by atoms with Crippen LogP contribution in [0, 0.1) is 0 Å². The summed E-state index contributed by atoms with van der Waals surface area (Å²) in [6, 6.07) is 78.4. The van der Waals surface area contributed by atoms with E-state index in [0.29, 0.717) is 5.82 Å². The van der Waals surface area contributed by atoms with Crippen LogP contribution >= 0.6 is 0 Å². The predicted molar refractivity (Wildman–Crippen MR) is 227 cm³/mol. The first-order chi connectivity index (χ1) is 27.3. The average molecular weight is 701 g/mol. The summed E-state index contributed by atoms with van der Waals surface area (Å²) in [6.45, 7) is 0. The van der Waals surface area contributed by atoms with E-state index in [1.807, 2.05) is 24.3 Å². The maximum atomic E-state index is 5.21. The third-order valence-corrected chi connectivity index (χ3v) is 11.0. The molecule has 1 aliphatic rings. The second kappa shape index (κ2) is 13.7. The summed E-state index contributed by atoms with van der Waals surface area (Å²) >= 11 is 0. The van der Waals surface area contributed by atoms with Crippen molar-refractivity contribution >= 4 is 0 Å². The zero-order chi connectivity index (χ0) is 36.6. The van der Waals surface area contributed by atoms with Gasteiger partial charge in [0, 0.05) is 16.7 Å². The Balaban J connectivity index is 1.24. The lowest BCUT2D eigenvalue weighted by Crippen LogP contribution is -2.28. The molecule has 8 aromatic carbocycles. The molecule has 0 radical (unpaired) electrons. The molecule has 1 unspecified atom stereocenters. The minimum atomic E-state index is -0.573. The van der Waals surface area contributed by atoms with E-state index in [4.69, 9.17) is 9.97 Å². The van der Waals surface area contributed by atoms with Crippen LogP contribution in [0.4, 0.5) is 0 Å². The van der Waals surface area contributed by atoms with E-state index in [9.17, 15) is 0 Å². The van der Waals surface area contributed by atoms with E-state index in [1.165, 1.54) is 55.6 Å². The summed E-state index contributed by atoms with van der Waals surface area (Å²) in [7, 11) is 0. The molecule has 0 saturated carbocycles. The number of hydrogen-bond donors (Lipinski definition) is 0. The predicted octanol–water partition coefficient (Wildman–Crippen LogP) is 13.2. The summed E-state index contributed by atoms with van der Waals surface area (Å²) in [5.41, 5.74) is 16.5. The van der Waals surface area contributed by atoms with Gasteiger partial charge in [-0.25, -0.2) is 9.97 Å². The fourth-order valence-corrected chi connectivity index (χ4v) is 8.43. The lowest BCUT2D eigenvalue weighted by atomic mass is 9.67. The third-order valence-electron chi connectivity index (χ3n) is 11.0. The fraction of sp³-hybridized carbons (Fsp3) is 0.0189. The standard InChI is InChI=1S/C53H36N2/c1-6-18-37(19-7-1)42-32-43(38-20-8-2-9-21-38)34-45(33-42)53(44-26-14-5-15-27-44)48-29-17-16-28-46(48)47-35-41(30-31-49(47)53)51-36-50(39-22-10-3-11-23-39)54-52(55-51)40-24-12-4-13-25-40/h1-36H. The highest BCUT2D eigenvalue weighted by atomic mass is 14.9. The Hall–Kier alpha value is -7.16. The van der Waals surface area contributed by atoms with Gasteiger partial charge in [-0.1, -0.05) is 188 Å². The summed E-state index contributed by atoms with van der Waals surface area (Å²) in [5, 5.41) is 0. The van der Waals surface area contributed by atoms with Crippen LogP contribution in [-0.2, 0) is 5.41 Å². The lowest BCUT2D eigenvalue weighted by molar-refractivity contribution is 0.769.